The van der Waals surface area contributed by atoms with Gasteiger partial charge in [-0.25, -0.2) is 0 Å². The number of rotatable bonds is 4. The number of nitrogens with one attached hydrogen (secondary N) is 1. The average molecular weight is 214 g/mol. The van der Waals surface area contributed by atoms with Crippen LogP contribution < -0.4 is 5.32 Å². The quantitative estimate of drug-likeness (QED) is 0.839. The summed E-state index contributed by atoms with van der Waals surface area (Å²) >= 11 is 0. The molecule has 4 heteroatoms. The molecule has 0 spiro atoms. The summed E-state index contributed by atoms with van der Waals surface area (Å²) in [7, 11) is 0. The number of aromatic nitrogens is 3. The summed E-state index contributed by atoms with van der Waals surface area (Å²) < 4.78 is 0. The lowest BCUT2D eigenvalue weighted by molar-refractivity contribution is 0.658. The summed E-state index contributed by atoms with van der Waals surface area (Å²) in [6, 6.07) is 10.7. The van der Waals surface area contributed by atoms with Crippen molar-refractivity contribution in [3.8, 4) is 5.69 Å². The van der Waals surface area contributed by atoms with Crippen LogP contribution in [0.25, 0.3) is 5.69 Å². The molecule has 1 heterocycles. The highest BCUT2D eigenvalue weighted by atomic mass is 15.5. The van der Waals surface area contributed by atoms with Crippen LogP contribution in [0.3, 0.4) is 0 Å². The molecule has 1 aromatic heterocycles. The van der Waals surface area contributed by atoms with Gasteiger partial charge in [0.1, 0.15) is 0 Å². The van der Waals surface area contributed by atoms with Crippen LogP contribution in [-0.2, 0) is 6.54 Å². The number of para-hydroxylation sites is 1. The topological polar surface area (TPSA) is 42.7 Å². The summed E-state index contributed by atoms with van der Waals surface area (Å²) in [4.78, 5) is 1.67. The van der Waals surface area contributed by atoms with Gasteiger partial charge in [0, 0.05) is 12.6 Å². The molecule has 0 amide bonds. The Kier molecular flexibility index (Phi) is 2.42. The summed E-state index contributed by atoms with van der Waals surface area (Å²) in [5.74, 6) is 0. The number of nitrogens with zero attached hydrogens (tertiary/aromatic N) is 3. The Morgan fingerprint density at radius 2 is 2.06 bits per heavy atom. The van der Waals surface area contributed by atoms with Gasteiger partial charge in [0.05, 0.1) is 17.6 Å². The molecule has 82 valence electrons. The second-order valence-corrected chi connectivity index (χ2v) is 4.12. The van der Waals surface area contributed by atoms with Gasteiger partial charge in [-0.1, -0.05) is 18.2 Å². The van der Waals surface area contributed by atoms with E-state index < -0.39 is 0 Å². The van der Waals surface area contributed by atoms with Gasteiger partial charge >= 0.3 is 0 Å². The Balaban J connectivity index is 1.71. The molecule has 0 unspecified atom stereocenters. The lowest BCUT2D eigenvalue weighted by Gasteiger charge is -1.98. The van der Waals surface area contributed by atoms with Crippen LogP contribution in [-0.4, -0.2) is 21.0 Å². The van der Waals surface area contributed by atoms with E-state index >= 15 is 0 Å². The molecule has 0 atom stereocenters. The first-order valence-electron chi connectivity index (χ1n) is 5.62. The third-order valence-corrected chi connectivity index (χ3v) is 2.68. The monoisotopic (exact) mass is 214 g/mol. The van der Waals surface area contributed by atoms with Gasteiger partial charge in [-0.15, -0.1) is 0 Å². The van der Waals surface area contributed by atoms with E-state index in [9.17, 15) is 0 Å². The normalized spacial score (nSPS) is 15.2. The van der Waals surface area contributed by atoms with Crippen LogP contribution >= 0.6 is 0 Å². The van der Waals surface area contributed by atoms with E-state index in [2.05, 4.69) is 15.5 Å². The summed E-state index contributed by atoms with van der Waals surface area (Å²) in [6.45, 7) is 0.817. The van der Waals surface area contributed by atoms with Crippen LogP contribution in [0.4, 0.5) is 0 Å². The van der Waals surface area contributed by atoms with E-state index in [1.807, 2.05) is 36.5 Å². The second kappa shape index (κ2) is 4.06. The first-order valence-corrected chi connectivity index (χ1v) is 5.62. The molecular formula is C12H14N4. The van der Waals surface area contributed by atoms with E-state index in [0.29, 0.717) is 6.04 Å². The Labute approximate surface area is 94.3 Å². The standard InChI is InChI=1S/C12H14N4/c1-2-4-12(5-3-1)16-14-9-11(15-16)8-13-10-6-7-10/h1-5,9-10,13H,6-8H2. The van der Waals surface area contributed by atoms with Gasteiger partial charge in [-0.05, 0) is 25.0 Å². The molecule has 16 heavy (non-hydrogen) atoms. The predicted molar refractivity (Wildman–Crippen MR) is 61.2 cm³/mol. The van der Waals surface area contributed by atoms with Gasteiger partial charge in [-0.2, -0.15) is 15.0 Å². The highest BCUT2D eigenvalue weighted by molar-refractivity contribution is 5.28. The van der Waals surface area contributed by atoms with Crippen molar-refractivity contribution in [2.24, 2.45) is 0 Å². The zero-order chi connectivity index (χ0) is 10.8. The average Bonchev–Trinajstić information content (AvgIpc) is 3.05. The first-order chi connectivity index (χ1) is 7.92. The highest BCUT2D eigenvalue weighted by Gasteiger charge is 2.20. The number of hydrogen-bond acceptors (Lipinski definition) is 3. The third-order valence-electron chi connectivity index (χ3n) is 2.68. The van der Waals surface area contributed by atoms with E-state index in [1.165, 1.54) is 12.8 Å². The molecule has 1 fully saturated rings. The molecule has 1 aliphatic carbocycles. The van der Waals surface area contributed by atoms with Crippen molar-refractivity contribution < 1.29 is 0 Å². The SMILES string of the molecule is c1ccc(-n2ncc(CNC3CC3)n2)cc1. The summed E-state index contributed by atoms with van der Waals surface area (Å²) in [6.07, 6.45) is 4.42. The largest absolute Gasteiger partial charge is 0.308 e. The molecule has 0 saturated heterocycles. The van der Waals surface area contributed by atoms with Gasteiger partial charge in [-0.3, -0.25) is 0 Å². The maximum Gasteiger partial charge on any atom is 0.0969 e. The molecule has 1 aromatic carbocycles. The molecule has 0 radical (unpaired) electrons. The zero-order valence-electron chi connectivity index (χ0n) is 9.00. The Bertz CT molecular complexity index is 459. The fraction of sp³-hybridized carbons (Fsp3) is 0.333. The predicted octanol–water partition coefficient (Wildman–Crippen LogP) is 1.52. The number of benzene rings is 1. The Hall–Kier alpha value is -1.68. The summed E-state index contributed by atoms with van der Waals surface area (Å²) in [5, 5.41) is 12.1. The van der Waals surface area contributed by atoms with Gasteiger partial charge in [0.25, 0.3) is 0 Å². The van der Waals surface area contributed by atoms with E-state index in [-0.39, 0.29) is 0 Å². The number of hydrogen-bond donors (Lipinski definition) is 1. The lowest BCUT2D eigenvalue weighted by Crippen LogP contribution is -2.15. The molecule has 3 rings (SSSR count). The van der Waals surface area contributed by atoms with Gasteiger partial charge < -0.3 is 5.32 Å². The van der Waals surface area contributed by atoms with Crippen LogP contribution in [0.15, 0.2) is 36.5 Å². The minimum absolute atomic E-state index is 0.710. The molecule has 2 aromatic rings. The second-order valence-electron chi connectivity index (χ2n) is 4.12. The van der Waals surface area contributed by atoms with E-state index in [1.54, 1.807) is 4.80 Å². The Morgan fingerprint density at radius 1 is 1.25 bits per heavy atom. The van der Waals surface area contributed by atoms with Gasteiger partial charge in [0.2, 0.25) is 0 Å². The van der Waals surface area contributed by atoms with Crippen molar-refractivity contribution in [1.29, 1.82) is 0 Å². The van der Waals surface area contributed by atoms with Crippen molar-refractivity contribution in [2.75, 3.05) is 0 Å². The molecule has 1 saturated carbocycles. The zero-order valence-corrected chi connectivity index (χ0v) is 9.00. The first kappa shape index (κ1) is 9.54. The molecule has 0 aliphatic heterocycles. The maximum atomic E-state index is 4.42. The van der Waals surface area contributed by atoms with Crippen LogP contribution in [0, 0.1) is 0 Å². The third kappa shape index (κ3) is 2.12. The molecule has 1 aliphatic rings. The van der Waals surface area contributed by atoms with Crippen molar-refractivity contribution in [3.63, 3.8) is 0 Å². The van der Waals surface area contributed by atoms with Gasteiger partial charge in [0.15, 0.2) is 0 Å². The minimum Gasteiger partial charge on any atom is -0.308 e. The van der Waals surface area contributed by atoms with E-state index in [0.717, 1.165) is 17.9 Å². The van der Waals surface area contributed by atoms with Crippen LogP contribution in [0.2, 0.25) is 0 Å². The Morgan fingerprint density at radius 3 is 2.81 bits per heavy atom. The van der Waals surface area contributed by atoms with Crippen molar-refractivity contribution in [2.45, 2.75) is 25.4 Å². The maximum absolute atomic E-state index is 4.42. The molecule has 0 bridgehead atoms. The smallest absolute Gasteiger partial charge is 0.0969 e. The minimum atomic E-state index is 0.710. The molecule has 4 nitrogen and oxygen atoms in total. The summed E-state index contributed by atoms with van der Waals surface area (Å²) in [5.41, 5.74) is 2.00. The van der Waals surface area contributed by atoms with Crippen molar-refractivity contribution in [1.82, 2.24) is 20.3 Å². The fourth-order valence-corrected chi connectivity index (χ4v) is 1.60. The fourth-order valence-electron chi connectivity index (χ4n) is 1.60. The molecule has 1 N–H and O–H groups in total. The lowest BCUT2D eigenvalue weighted by atomic mass is 10.3. The van der Waals surface area contributed by atoms with Crippen molar-refractivity contribution >= 4 is 0 Å². The van der Waals surface area contributed by atoms with E-state index in [4.69, 9.17) is 0 Å². The molecular weight excluding hydrogens is 200 g/mol. The highest BCUT2D eigenvalue weighted by Crippen LogP contribution is 2.18. The van der Waals surface area contributed by atoms with Crippen molar-refractivity contribution in [3.05, 3.63) is 42.2 Å². The van der Waals surface area contributed by atoms with Crippen LogP contribution in [0.1, 0.15) is 18.5 Å². The van der Waals surface area contributed by atoms with Crippen LogP contribution in [0.5, 0.6) is 0 Å².